The van der Waals surface area contributed by atoms with E-state index < -0.39 is 5.60 Å². The fourth-order valence-electron chi connectivity index (χ4n) is 3.45. The molecular formula is C17H32N2O2. The van der Waals surface area contributed by atoms with Crippen LogP contribution in [0.3, 0.4) is 0 Å². The summed E-state index contributed by atoms with van der Waals surface area (Å²) in [5.74, 6) is 0.660. The molecule has 0 aromatic heterocycles. The van der Waals surface area contributed by atoms with E-state index in [1.807, 2.05) is 25.7 Å². The minimum absolute atomic E-state index is 0.135. The van der Waals surface area contributed by atoms with Crippen LogP contribution < -0.4 is 5.32 Å². The number of carbonyl (C=O) groups excluding carboxylic acids is 1. The zero-order chi connectivity index (χ0) is 15.3. The Bertz CT molecular complexity index is 332. The van der Waals surface area contributed by atoms with E-state index in [2.05, 4.69) is 5.32 Å². The third kappa shape index (κ3) is 5.85. The Morgan fingerprint density at radius 3 is 2.71 bits per heavy atom. The van der Waals surface area contributed by atoms with Crippen LogP contribution in [0.1, 0.15) is 65.7 Å². The SMILES string of the molecule is CC(C)(C)OC(=O)N1CCCC(CCCC2CCCN2)C1. The van der Waals surface area contributed by atoms with Gasteiger partial charge in [-0.1, -0.05) is 6.42 Å². The Morgan fingerprint density at radius 2 is 2.05 bits per heavy atom. The average molecular weight is 296 g/mol. The molecule has 2 saturated heterocycles. The van der Waals surface area contributed by atoms with Gasteiger partial charge in [-0.2, -0.15) is 0 Å². The van der Waals surface area contributed by atoms with E-state index in [0.29, 0.717) is 5.92 Å². The lowest BCUT2D eigenvalue weighted by atomic mass is 9.92. The van der Waals surface area contributed by atoms with E-state index in [1.54, 1.807) is 0 Å². The zero-order valence-corrected chi connectivity index (χ0v) is 14.0. The van der Waals surface area contributed by atoms with Crippen molar-refractivity contribution in [2.75, 3.05) is 19.6 Å². The van der Waals surface area contributed by atoms with Gasteiger partial charge < -0.3 is 15.0 Å². The summed E-state index contributed by atoms with van der Waals surface area (Å²) < 4.78 is 5.49. The summed E-state index contributed by atoms with van der Waals surface area (Å²) in [7, 11) is 0. The molecule has 1 N–H and O–H groups in total. The van der Waals surface area contributed by atoms with Crippen LogP contribution in [0.4, 0.5) is 4.79 Å². The van der Waals surface area contributed by atoms with Crippen LogP contribution in [0.15, 0.2) is 0 Å². The van der Waals surface area contributed by atoms with E-state index >= 15 is 0 Å². The molecule has 2 rings (SSSR count). The number of rotatable bonds is 4. The van der Waals surface area contributed by atoms with Crippen molar-refractivity contribution in [1.29, 1.82) is 0 Å². The van der Waals surface area contributed by atoms with Gasteiger partial charge in [-0.15, -0.1) is 0 Å². The molecular weight excluding hydrogens is 264 g/mol. The molecule has 0 radical (unpaired) electrons. The minimum Gasteiger partial charge on any atom is -0.444 e. The summed E-state index contributed by atoms with van der Waals surface area (Å²) in [4.78, 5) is 14.0. The molecule has 0 saturated carbocycles. The Hall–Kier alpha value is -0.770. The van der Waals surface area contributed by atoms with E-state index in [-0.39, 0.29) is 6.09 Å². The topological polar surface area (TPSA) is 41.6 Å². The number of carbonyl (C=O) groups is 1. The van der Waals surface area contributed by atoms with E-state index in [4.69, 9.17) is 4.74 Å². The number of amides is 1. The molecule has 122 valence electrons. The van der Waals surface area contributed by atoms with E-state index in [9.17, 15) is 4.79 Å². The molecule has 2 aliphatic rings. The quantitative estimate of drug-likeness (QED) is 0.862. The van der Waals surface area contributed by atoms with Gasteiger partial charge in [0.2, 0.25) is 0 Å². The maximum absolute atomic E-state index is 12.1. The maximum atomic E-state index is 12.1. The van der Waals surface area contributed by atoms with Crippen LogP contribution in [-0.2, 0) is 4.74 Å². The lowest BCUT2D eigenvalue weighted by Crippen LogP contribution is -2.42. The van der Waals surface area contributed by atoms with Gasteiger partial charge in [-0.05, 0) is 71.8 Å². The predicted molar refractivity (Wildman–Crippen MR) is 85.4 cm³/mol. The van der Waals surface area contributed by atoms with Gasteiger partial charge in [0.05, 0.1) is 0 Å². The smallest absolute Gasteiger partial charge is 0.410 e. The molecule has 0 aromatic carbocycles. The van der Waals surface area contributed by atoms with Crippen LogP contribution in [0.5, 0.6) is 0 Å². The first-order valence-corrected chi connectivity index (χ1v) is 8.65. The highest BCUT2D eigenvalue weighted by molar-refractivity contribution is 5.68. The number of hydrogen-bond donors (Lipinski definition) is 1. The normalized spacial score (nSPS) is 26.9. The van der Waals surface area contributed by atoms with Crippen LogP contribution in [-0.4, -0.2) is 42.3 Å². The lowest BCUT2D eigenvalue weighted by molar-refractivity contribution is 0.0160. The van der Waals surface area contributed by atoms with Crippen LogP contribution >= 0.6 is 0 Å². The summed E-state index contributed by atoms with van der Waals surface area (Å²) in [5, 5.41) is 3.56. The minimum atomic E-state index is -0.391. The first kappa shape index (κ1) is 16.6. The number of hydrogen-bond acceptors (Lipinski definition) is 3. The van der Waals surface area contributed by atoms with Crippen molar-refractivity contribution in [3.8, 4) is 0 Å². The monoisotopic (exact) mass is 296 g/mol. The second-order valence-electron chi connectivity index (χ2n) is 7.66. The number of nitrogens with zero attached hydrogens (tertiary/aromatic N) is 1. The van der Waals surface area contributed by atoms with Gasteiger partial charge in [-0.3, -0.25) is 0 Å². The fourth-order valence-corrected chi connectivity index (χ4v) is 3.45. The molecule has 4 heteroatoms. The number of ether oxygens (including phenoxy) is 1. The Balaban J connectivity index is 1.68. The molecule has 21 heavy (non-hydrogen) atoms. The molecule has 2 aliphatic heterocycles. The van der Waals surface area contributed by atoms with Crippen molar-refractivity contribution < 1.29 is 9.53 Å². The van der Waals surface area contributed by atoms with Gasteiger partial charge in [0, 0.05) is 19.1 Å². The summed E-state index contributed by atoms with van der Waals surface area (Å²) in [5.41, 5.74) is -0.391. The van der Waals surface area contributed by atoms with Gasteiger partial charge in [0.25, 0.3) is 0 Å². The average Bonchev–Trinajstić information content (AvgIpc) is 2.90. The maximum Gasteiger partial charge on any atom is 0.410 e. The lowest BCUT2D eigenvalue weighted by Gasteiger charge is -2.34. The van der Waals surface area contributed by atoms with Crippen molar-refractivity contribution in [3.63, 3.8) is 0 Å². The van der Waals surface area contributed by atoms with Crippen molar-refractivity contribution in [2.45, 2.75) is 77.4 Å². The molecule has 2 heterocycles. The van der Waals surface area contributed by atoms with E-state index in [1.165, 1.54) is 45.1 Å². The van der Waals surface area contributed by atoms with Gasteiger partial charge in [0.1, 0.15) is 5.60 Å². The zero-order valence-electron chi connectivity index (χ0n) is 14.0. The Morgan fingerprint density at radius 1 is 1.24 bits per heavy atom. The highest BCUT2D eigenvalue weighted by atomic mass is 16.6. The number of likely N-dealkylation sites (tertiary alicyclic amines) is 1. The fraction of sp³-hybridized carbons (Fsp3) is 0.941. The largest absolute Gasteiger partial charge is 0.444 e. The summed E-state index contributed by atoms with van der Waals surface area (Å²) >= 11 is 0. The highest BCUT2D eigenvalue weighted by Crippen LogP contribution is 2.24. The van der Waals surface area contributed by atoms with E-state index in [0.717, 1.165) is 25.6 Å². The Labute approximate surface area is 129 Å². The summed E-state index contributed by atoms with van der Waals surface area (Å²) in [6.07, 6.45) is 8.74. The first-order valence-electron chi connectivity index (χ1n) is 8.65. The van der Waals surface area contributed by atoms with Crippen molar-refractivity contribution in [2.24, 2.45) is 5.92 Å². The molecule has 0 aromatic rings. The molecule has 2 atom stereocenters. The standard InChI is InChI=1S/C17H32N2O2/c1-17(2,3)21-16(20)19-12-6-8-14(13-19)7-4-9-15-10-5-11-18-15/h14-15,18H,4-13H2,1-3H3. The van der Waals surface area contributed by atoms with Crippen molar-refractivity contribution in [3.05, 3.63) is 0 Å². The first-order chi connectivity index (χ1) is 9.94. The molecule has 0 aliphatic carbocycles. The molecule has 2 unspecified atom stereocenters. The molecule has 1 amide bonds. The van der Waals surface area contributed by atoms with Crippen molar-refractivity contribution in [1.82, 2.24) is 10.2 Å². The second-order valence-corrected chi connectivity index (χ2v) is 7.66. The molecule has 4 nitrogen and oxygen atoms in total. The van der Waals surface area contributed by atoms with Gasteiger partial charge >= 0.3 is 6.09 Å². The second kappa shape index (κ2) is 7.48. The summed E-state index contributed by atoms with van der Waals surface area (Å²) in [6, 6.07) is 0.746. The van der Waals surface area contributed by atoms with Crippen LogP contribution in [0, 0.1) is 5.92 Å². The van der Waals surface area contributed by atoms with Gasteiger partial charge in [0.15, 0.2) is 0 Å². The number of nitrogens with one attached hydrogen (secondary N) is 1. The van der Waals surface area contributed by atoms with Crippen LogP contribution in [0.25, 0.3) is 0 Å². The molecule has 2 fully saturated rings. The van der Waals surface area contributed by atoms with Crippen molar-refractivity contribution >= 4 is 6.09 Å². The van der Waals surface area contributed by atoms with Gasteiger partial charge in [-0.25, -0.2) is 4.79 Å². The number of piperidine rings is 1. The Kier molecular flexibility index (Phi) is 5.91. The summed E-state index contributed by atoms with van der Waals surface area (Å²) in [6.45, 7) is 8.73. The predicted octanol–water partition coefficient (Wildman–Crippen LogP) is 3.56. The highest BCUT2D eigenvalue weighted by Gasteiger charge is 2.27. The third-order valence-corrected chi connectivity index (χ3v) is 4.50. The third-order valence-electron chi connectivity index (χ3n) is 4.50. The molecule has 0 spiro atoms. The molecule has 0 bridgehead atoms. The van der Waals surface area contributed by atoms with Crippen LogP contribution in [0.2, 0.25) is 0 Å².